The SMILES string of the molecule is CCc1cnc(CCNC(=NC)NCC(c2ccc(C)cc2)N2CCOCC2)s1.I. The Morgan fingerprint density at radius 2 is 1.97 bits per heavy atom. The second-order valence-electron chi connectivity index (χ2n) is 7.28. The summed E-state index contributed by atoms with van der Waals surface area (Å²) in [4.78, 5) is 12.7. The predicted octanol–water partition coefficient (Wildman–Crippen LogP) is 3.41. The number of hydrogen-bond acceptors (Lipinski definition) is 5. The van der Waals surface area contributed by atoms with Crippen molar-refractivity contribution in [2.24, 2.45) is 4.99 Å². The number of aliphatic imine (C=N–C) groups is 1. The minimum atomic E-state index is 0. The van der Waals surface area contributed by atoms with E-state index in [2.05, 4.69) is 63.6 Å². The van der Waals surface area contributed by atoms with Gasteiger partial charge in [0.05, 0.1) is 24.3 Å². The first-order valence-corrected chi connectivity index (χ1v) is 11.3. The molecule has 0 amide bonds. The average Bonchev–Trinajstić information content (AvgIpc) is 3.22. The highest BCUT2D eigenvalue weighted by Gasteiger charge is 2.22. The highest BCUT2D eigenvalue weighted by atomic mass is 127. The van der Waals surface area contributed by atoms with Gasteiger partial charge >= 0.3 is 0 Å². The standard InChI is InChI=1S/C22H33N5OS.HI/c1-4-19-15-25-21(29-19)9-10-24-22(23-3)26-16-20(27-11-13-28-14-12-27)18-7-5-17(2)6-8-18;/h5-8,15,20H,4,9-14,16H2,1-3H3,(H2,23,24,26);1H. The number of hydrogen-bond donors (Lipinski definition) is 2. The van der Waals surface area contributed by atoms with Crippen LogP contribution in [-0.4, -0.2) is 62.3 Å². The highest BCUT2D eigenvalue weighted by molar-refractivity contribution is 14.0. The van der Waals surface area contributed by atoms with Gasteiger partial charge in [0.1, 0.15) is 0 Å². The first kappa shape index (κ1) is 25.0. The molecule has 1 fully saturated rings. The normalized spacial score (nSPS) is 16.0. The van der Waals surface area contributed by atoms with Crippen molar-refractivity contribution in [1.82, 2.24) is 20.5 Å². The maximum atomic E-state index is 5.55. The molecule has 6 nitrogen and oxygen atoms in total. The van der Waals surface area contributed by atoms with E-state index in [4.69, 9.17) is 4.74 Å². The zero-order valence-electron chi connectivity index (χ0n) is 18.2. The summed E-state index contributed by atoms with van der Waals surface area (Å²) in [6, 6.07) is 9.15. The fourth-order valence-electron chi connectivity index (χ4n) is 3.46. The molecule has 1 aliphatic rings. The minimum Gasteiger partial charge on any atom is -0.379 e. The van der Waals surface area contributed by atoms with Gasteiger partial charge in [0.2, 0.25) is 0 Å². The van der Waals surface area contributed by atoms with E-state index in [9.17, 15) is 0 Å². The summed E-state index contributed by atoms with van der Waals surface area (Å²) >= 11 is 1.80. The van der Waals surface area contributed by atoms with Crippen LogP contribution in [-0.2, 0) is 17.6 Å². The third-order valence-electron chi connectivity index (χ3n) is 5.22. The summed E-state index contributed by atoms with van der Waals surface area (Å²) < 4.78 is 5.55. The van der Waals surface area contributed by atoms with Gasteiger partial charge in [0, 0.05) is 50.7 Å². The second kappa shape index (κ2) is 13.2. The number of morpholine rings is 1. The fourth-order valence-corrected chi connectivity index (χ4v) is 4.33. The molecule has 0 bridgehead atoms. The predicted molar refractivity (Wildman–Crippen MR) is 136 cm³/mol. The third-order valence-corrected chi connectivity index (χ3v) is 6.42. The molecule has 1 atom stereocenters. The lowest BCUT2D eigenvalue weighted by atomic mass is 10.0. The van der Waals surface area contributed by atoms with E-state index in [-0.39, 0.29) is 24.0 Å². The van der Waals surface area contributed by atoms with Crippen molar-refractivity contribution in [1.29, 1.82) is 0 Å². The lowest BCUT2D eigenvalue weighted by Gasteiger charge is -2.35. The van der Waals surface area contributed by atoms with Crippen LogP contribution in [0.3, 0.4) is 0 Å². The maximum absolute atomic E-state index is 5.55. The lowest BCUT2D eigenvalue weighted by Crippen LogP contribution is -2.46. The number of rotatable bonds is 8. The average molecular weight is 544 g/mol. The Morgan fingerprint density at radius 1 is 1.23 bits per heavy atom. The van der Waals surface area contributed by atoms with E-state index in [1.807, 2.05) is 13.2 Å². The Labute approximate surface area is 201 Å². The molecule has 1 aromatic carbocycles. The summed E-state index contributed by atoms with van der Waals surface area (Å²) in [5.74, 6) is 0.836. The molecule has 2 heterocycles. The molecule has 1 aromatic heterocycles. The van der Waals surface area contributed by atoms with Crippen molar-refractivity contribution in [2.45, 2.75) is 32.7 Å². The Kier molecular flexibility index (Phi) is 11.0. The lowest BCUT2D eigenvalue weighted by molar-refractivity contribution is 0.0170. The van der Waals surface area contributed by atoms with Crippen LogP contribution in [0.1, 0.15) is 34.0 Å². The Bertz CT molecular complexity index is 774. The van der Waals surface area contributed by atoms with Crippen molar-refractivity contribution >= 4 is 41.3 Å². The number of benzene rings is 1. The summed E-state index contributed by atoms with van der Waals surface area (Å²) in [6.45, 7) is 9.42. The summed E-state index contributed by atoms with van der Waals surface area (Å²) in [5.41, 5.74) is 2.61. The first-order chi connectivity index (χ1) is 14.2. The van der Waals surface area contributed by atoms with E-state index in [0.717, 1.165) is 58.2 Å². The number of nitrogens with one attached hydrogen (secondary N) is 2. The van der Waals surface area contributed by atoms with E-state index >= 15 is 0 Å². The monoisotopic (exact) mass is 543 g/mol. The smallest absolute Gasteiger partial charge is 0.191 e. The molecule has 1 saturated heterocycles. The number of thiazole rings is 1. The van der Waals surface area contributed by atoms with Gasteiger partial charge in [-0.25, -0.2) is 4.98 Å². The molecule has 1 unspecified atom stereocenters. The molecular weight excluding hydrogens is 509 g/mol. The minimum absolute atomic E-state index is 0. The number of aromatic nitrogens is 1. The molecule has 8 heteroatoms. The molecule has 1 aliphatic heterocycles. The third kappa shape index (κ3) is 7.47. The van der Waals surface area contributed by atoms with Gasteiger partial charge in [-0.1, -0.05) is 36.8 Å². The van der Waals surface area contributed by atoms with E-state index in [1.54, 1.807) is 11.3 Å². The molecule has 0 saturated carbocycles. The molecule has 2 aromatic rings. The van der Waals surface area contributed by atoms with Gasteiger partial charge in [0.25, 0.3) is 0 Å². The number of ether oxygens (including phenoxy) is 1. The van der Waals surface area contributed by atoms with Crippen LogP contribution in [0.2, 0.25) is 0 Å². The van der Waals surface area contributed by atoms with Gasteiger partial charge in [-0.2, -0.15) is 0 Å². The van der Waals surface area contributed by atoms with Gasteiger partial charge in [-0.3, -0.25) is 9.89 Å². The van der Waals surface area contributed by atoms with Crippen molar-refractivity contribution in [2.75, 3.05) is 46.4 Å². The molecule has 0 spiro atoms. The zero-order chi connectivity index (χ0) is 20.5. The largest absolute Gasteiger partial charge is 0.379 e. The summed E-state index contributed by atoms with van der Waals surface area (Å²) in [5, 5.41) is 8.12. The van der Waals surface area contributed by atoms with E-state index in [1.165, 1.54) is 21.0 Å². The fraction of sp³-hybridized carbons (Fsp3) is 0.545. The van der Waals surface area contributed by atoms with E-state index < -0.39 is 0 Å². The number of aryl methyl sites for hydroxylation is 2. The molecule has 2 N–H and O–H groups in total. The quantitative estimate of drug-likeness (QED) is 0.304. The van der Waals surface area contributed by atoms with Crippen LogP contribution in [0.25, 0.3) is 0 Å². The molecule has 166 valence electrons. The van der Waals surface area contributed by atoms with Crippen LogP contribution >= 0.6 is 35.3 Å². The van der Waals surface area contributed by atoms with Gasteiger partial charge in [-0.05, 0) is 18.9 Å². The number of halogens is 1. The first-order valence-electron chi connectivity index (χ1n) is 10.5. The van der Waals surface area contributed by atoms with Crippen molar-refractivity contribution < 1.29 is 4.74 Å². The van der Waals surface area contributed by atoms with Crippen molar-refractivity contribution in [3.63, 3.8) is 0 Å². The second-order valence-corrected chi connectivity index (χ2v) is 8.48. The zero-order valence-corrected chi connectivity index (χ0v) is 21.3. The summed E-state index contributed by atoms with van der Waals surface area (Å²) in [6.07, 6.45) is 3.95. The van der Waals surface area contributed by atoms with Crippen LogP contribution < -0.4 is 10.6 Å². The summed E-state index contributed by atoms with van der Waals surface area (Å²) in [7, 11) is 1.82. The van der Waals surface area contributed by atoms with Gasteiger partial charge < -0.3 is 15.4 Å². The van der Waals surface area contributed by atoms with E-state index in [0.29, 0.717) is 6.04 Å². The molecule has 0 aliphatic carbocycles. The number of nitrogens with zero attached hydrogens (tertiary/aromatic N) is 3. The molecule has 3 rings (SSSR count). The maximum Gasteiger partial charge on any atom is 0.191 e. The van der Waals surface area contributed by atoms with Crippen molar-refractivity contribution in [3.8, 4) is 0 Å². The Morgan fingerprint density at radius 3 is 2.60 bits per heavy atom. The Hall–Kier alpha value is -1.23. The van der Waals surface area contributed by atoms with Crippen LogP contribution in [0.15, 0.2) is 35.5 Å². The van der Waals surface area contributed by atoms with Crippen LogP contribution in [0.4, 0.5) is 0 Å². The highest BCUT2D eigenvalue weighted by Crippen LogP contribution is 2.21. The topological polar surface area (TPSA) is 61.8 Å². The Balaban J connectivity index is 0.00000320. The van der Waals surface area contributed by atoms with Crippen LogP contribution in [0.5, 0.6) is 0 Å². The van der Waals surface area contributed by atoms with Crippen molar-refractivity contribution in [3.05, 3.63) is 51.5 Å². The molecule has 30 heavy (non-hydrogen) atoms. The number of guanidine groups is 1. The molecular formula is C22H34IN5OS. The van der Waals surface area contributed by atoms with Gasteiger partial charge in [0.15, 0.2) is 5.96 Å². The molecule has 0 radical (unpaired) electrons. The van der Waals surface area contributed by atoms with Crippen LogP contribution in [0, 0.1) is 6.92 Å². The van der Waals surface area contributed by atoms with Gasteiger partial charge in [-0.15, -0.1) is 35.3 Å².